The lowest BCUT2D eigenvalue weighted by Gasteiger charge is -2.40. The Labute approximate surface area is 157 Å². The van der Waals surface area contributed by atoms with E-state index < -0.39 is 11.8 Å². The van der Waals surface area contributed by atoms with Crippen LogP contribution in [-0.2, 0) is 4.74 Å². The first-order valence-corrected chi connectivity index (χ1v) is 9.00. The minimum absolute atomic E-state index is 0.167. The summed E-state index contributed by atoms with van der Waals surface area (Å²) < 4.78 is 18.1. The van der Waals surface area contributed by atoms with Gasteiger partial charge in [0.15, 0.2) is 5.72 Å². The summed E-state index contributed by atoms with van der Waals surface area (Å²) in [5.41, 5.74) is 9.26. The number of piperidine rings is 1. The lowest BCUT2D eigenvalue weighted by molar-refractivity contribution is -0.0747. The molecule has 1 saturated heterocycles. The molecule has 1 aromatic carbocycles. The van der Waals surface area contributed by atoms with Crippen LogP contribution >= 0.6 is 0 Å². The first kappa shape index (κ1) is 19.3. The molecule has 1 aliphatic rings. The highest BCUT2D eigenvalue weighted by Gasteiger charge is 2.37. The summed E-state index contributed by atoms with van der Waals surface area (Å²) in [6, 6.07) is 6.49. The van der Waals surface area contributed by atoms with Gasteiger partial charge in [0.2, 0.25) is 0 Å². The Balaban J connectivity index is 1.68. The summed E-state index contributed by atoms with van der Waals surface area (Å²) >= 11 is 0. The van der Waals surface area contributed by atoms with Gasteiger partial charge in [0.1, 0.15) is 18.2 Å². The number of carbonyl (C=O) groups excluding carboxylic acids is 1. The molecule has 0 radical (unpaired) electrons. The number of fused-ring (bicyclic) bond motifs is 1. The van der Waals surface area contributed by atoms with E-state index in [1.165, 1.54) is 12.1 Å². The van der Waals surface area contributed by atoms with Crippen molar-refractivity contribution in [3.05, 3.63) is 36.3 Å². The van der Waals surface area contributed by atoms with Crippen LogP contribution in [0.4, 0.5) is 15.0 Å². The number of halogens is 1. The van der Waals surface area contributed by atoms with Crippen LogP contribution in [0.15, 0.2) is 30.5 Å². The predicted octanol–water partition coefficient (Wildman–Crippen LogP) is 1.97. The molecular formula is C19H25FN4O3. The highest BCUT2D eigenvalue weighted by Crippen LogP contribution is 2.33. The van der Waals surface area contributed by atoms with E-state index in [0.717, 1.165) is 42.5 Å². The fourth-order valence-corrected chi connectivity index (χ4v) is 3.72. The van der Waals surface area contributed by atoms with Gasteiger partial charge < -0.3 is 26.2 Å². The molecule has 0 saturated carbocycles. The van der Waals surface area contributed by atoms with Crippen LogP contribution < -0.4 is 16.4 Å². The van der Waals surface area contributed by atoms with Crippen molar-refractivity contribution in [2.24, 2.45) is 23.3 Å². The number of pyridine rings is 1. The predicted molar refractivity (Wildman–Crippen MR) is 100 cm³/mol. The Bertz CT molecular complexity index is 822. The molecule has 2 aromatic rings. The Kier molecular flexibility index (Phi) is 5.48. The second-order valence-corrected chi connectivity index (χ2v) is 7.21. The normalized spacial score (nSPS) is 18.9. The second kappa shape index (κ2) is 7.66. The van der Waals surface area contributed by atoms with Gasteiger partial charge in [-0.15, -0.1) is 0 Å². The molecule has 2 unspecified atom stereocenters. The van der Waals surface area contributed by atoms with Gasteiger partial charge in [-0.05, 0) is 48.4 Å². The molecule has 1 amide bonds. The summed E-state index contributed by atoms with van der Waals surface area (Å²) in [6.07, 6.45) is 2.33. The van der Waals surface area contributed by atoms with Crippen LogP contribution in [0.1, 0.15) is 19.8 Å². The van der Waals surface area contributed by atoms with E-state index in [-0.39, 0.29) is 24.3 Å². The van der Waals surface area contributed by atoms with Crippen molar-refractivity contribution < 1.29 is 19.0 Å². The van der Waals surface area contributed by atoms with E-state index in [1.807, 2.05) is 6.92 Å². The zero-order chi connectivity index (χ0) is 19.6. The second-order valence-electron chi connectivity index (χ2n) is 7.21. The Morgan fingerprint density at radius 3 is 2.81 bits per heavy atom. The summed E-state index contributed by atoms with van der Waals surface area (Å²) in [4.78, 5) is 17.4. The molecule has 0 aliphatic carbocycles. The summed E-state index contributed by atoms with van der Waals surface area (Å²) in [7, 11) is 0. The van der Waals surface area contributed by atoms with Crippen molar-refractivity contribution in [3.8, 4) is 0 Å². The Morgan fingerprint density at radius 1 is 1.44 bits per heavy atom. The van der Waals surface area contributed by atoms with Crippen molar-refractivity contribution in [1.29, 1.82) is 0 Å². The van der Waals surface area contributed by atoms with E-state index in [9.17, 15) is 14.3 Å². The fraction of sp³-hybridized carbons (Fsp3) is 0.474. The number of ether oxygens (including phenoxy) is 1. The lowest BCUT2D eigenvalue weighted by atomic mass is 9.79. The number of benzene rings is 1. The van der Waals surface area contributed by atoms with Gasteiger partial charge in [-0.2, -0.15) is 0 Å². The standard InChI is InChI=1S/C19H25FN4O3/c1-12(19(22,26)11-27-18(21)25)13-5-8-24(9-6-13)17-16-3-2-15(20)10-14(16)4-7-23-17/h2-4,7,10,12-13,26H,5-6,8-9,11,22H2,1H3,(H2,21,25). The third-order valence-corrected chi connectivity index (χ3v) is 5.49. The minimum atomic E-state index is -1.63. The van der Waals surface area contributed by atoms with Crippen LogP contribution in [0.25, 0.3) is 10.8 Å². The van der Waals surface area contributed by atoms with Gasteiger partial charge in [0.25, 0.3) is 0 Å². The monoisotopic (exact) mass is 376 g/mol. The van der Waals surface area contributed by atoms with E-state index in [4.69, 9.17) is 11.5 Å². The van der Waals surface area contributed by atoms with Crippen molar-refractivity contribution in [1.82, 2.24) is 4.98 Å². The maximum absolute atomic E-state index is 13.5. The fourth-order valence-electron chi connectivity index (χ4n) is 3.72. The first-order chi connectivity index (χ1) is 12.8. The third kappa shape index (κ3) is 4.28. The number of nitrogens with two attached hydrogens (primary N) is 2. The topological polar surface area (TPSA) is 115 Å². The number of carbonyl (C=O) groups is 1. The zero-order valence-corrected chi connectivity index (χ0v) is 15.3. The smallest absolute Gasteiger partial charge is 0.404 e. The average molecular weight is 376 g/mol. The highest BCUT2D eigenvalue weighted by atomic mass is 19.1. The Morgan fingerprint density at radius 2 is 2.15 bits per heavy atom. The molecule has 1 aromatic heterocycles. The van der Waals surface area contributed by atoms with Crippen LogP contribution in [0.5, 0.6) is 0 Å². The average Bonchev–Trinajstić information content (AvgIpc) is 2.65. The van der Waals surface area contributed by atoms with E-state index >= 15 is 0 Å². The molecule has 3 rings (SSSR count). The lowest BCUT2D eigenvalue weighted by Crippen LogP contribution is -2.54. The van der Waals surface area contributed by atoms with Crippen LogP contribution in [0, 0.1) is 17.7 Å². The highest BCUT2D eigenvalue weighted by molar-refractivity contribution is 5.92. The van der Waals surface area contributed by atoms with E-state index in [1.54, 1.807) is 18.3 Å². The molecule has 1 fully saturated rings. The van der Waals surface area contributed by atoms with Crippen molar-refractivity contribution in [3.63, 3.8) is 0 Å². The first-order valence-electron chi connectivity index (χ1n) is 9.00. The number of aliphatic hydroxyl groups is 1. The number of nitrogens with zero attached hydrogens (tertiary/aromatic N) is 2. The number of rotatable bonds is 5. The van der Waals surface area contributed by atoms with Crippen LogP contribution in [-0.4, -0.2) is 41.6 Å². The number of anilines is 1. The van der Waals surface area contributed by atoms with Gasteiger partial charge in [-0.25, -0.2) is 14.2 Å². The van der Waals surface area contributed by atoms with Gasteiger partial charge in [-0.3, -0.25) is 0 Å². The molecule has 5 N–H and O–H groups in total. The molecular weight excluding hydrogens is 351 g/mol. The number of amides is 1. The zero-order valence-electron chi connectivity index (χ0n) is 15.3. The molecule has 27 heavy (non-hydrogen) atoms. The molecule has 2 heterocycles. The SMILES string of the molecule is CC(C1CCN(c2nccc3cc(F)ccc23)CC1)C(N)(O)COC(N)=O. The number of aromatic nitrogens is 1. The maximum atomic E-state index is 13.5. The molecule has 1 aliphatic heterocycles. The van der Waals surface area contributed by atoms with Crippen molar-refractivity contribution in [2.45, 2.75) is 25.5 Å². The van der Waals surface area contributed by atoms with Gasteiger partial charge in [0.05, 0.1) is 0 Å². The van der Waals surface area contributed by atoms with Gasteiger partial charge >= 0.3 is 6.09 Å². The van der Waals surface area contributed by atoms with Crippen LogP contribution in [0.3, 0.4) is 0 Å². The molecule has 0 spiro atoms. The molecule has 146 valence electrons. The minimum Gasteiger partial charge on any atom is -0.445 e. The quantitative estimate of drug-likeness (QED) is 0.687. The third-order valence-electron chi connectivity index (χ3n) is 5.49. The van der Waals surface area contributed by atoms with Gasteiger partial charge in [-0.1, -0.05) is 6.92 Å². The van der Waals surface area contributed by atoms with E-state index in [2.05, 4.69) is 14.6 Å². The van der Waals surface area contributed by atoms with Gasteiger partial charge in [0, 0.05) is 30.6 Å². The largest absolute Gasteiger partial charge is 0.445 e. The van der Waals surface area contributed by atoms with Crippen LogP contribution in [0.2, 0.25) is 0 Å². The summed E-state index contributed by atoms with van der Waals surface area (Å²) in [5, 5.41) is 12.1. The maximum Gasteiger partial charge on any atom is 0.404 e. The Hall–Kier alpha value is -2.45. The molecule has 7 nitrogen and oxygen atoms in total. The van der Waals surface area contributed by atoms with Crippen molar-refractivity contribution in [2.75, 3.05) is 24.6 Å². The van der Waals surface area contributed by atoms with Crippen molar-refractivity contribution >= 4 is 22.7 Å². The number of primary amides is 1. The molecule has 0 bridgehead atoms. The summed E-state index contributed by atoms with van der Waals surface area (Å²) in [5.74, 6) is 0.458. The summed E-state index contributed by atoms with van der Waals surface area (Å²) in [6.45, 7) is 3.00. The molecule has 8 heteroatoms. The molecule has 2 atom stereocenters. The van der Waals surface area contributed by atoms with E-state index in [0.29, 0.717) is 0 Å². The number of hydrogen-bond donors (Lipinski definition) is 3. The number of hydrogen-bond acceptors (Lipinski definition) is 6.